The minimum Gasteiger partial charge on any atom is -0.423 e. The Morgan fingerprint density at radius 2 is 2.00 bits per heavy atom. The van der Waals surface area contributed by atoms with E-state index in [0.29, 0.717) is 17.3 Å². The van der Waals surface area contributed by atoms with E-state index in [0.717, 1.165) is 10.0 Å². The van der Waals surface area contributed by atoms with Crippen molar-refractivity contribution >= 4 is 27.5 Å². The molecule has 0 radical (unpaired) electrons. The lowest BCUT2D eigenvalue weighted by Crippen LogP contribution is -1.99. The minimum atomic E-state index is 0.269. The average molecular weight is 315 g/mol. The predicted octanol–water partition coefficient (Wildman–Crippen LogP) is 3.14. The van der Waals surface area contributed by atoms with E-state index in [1.807, 2.05) is 0 Å². The molecule has 1 aromatic carbocycles. The van der Waals surface area contributed by atoms with E-state index >= 15 is 0 Å². The minimum absolute atomic E-state index is 0.269. The molecule has 0 fully saturated rings. The van der Waals surface area contributed by atoms with Crippen molar-refractivity contribution in [2.45, 2.75) is 6.54 Å². The summed E-state index contributed by atoms with van der Waals surface area (Å²) in [7, 11) is 0. The summed E-state index contributed by atoms with van der Waals surface area (Å²) in [6.45, 7) is 0.408. The summed E-state index contributed by atoms with van der Waals surface area (Å²) in [5.74, 6) is 0.606. The standard InChI is InChI=1S/C11H9BrClN3O/c12-9-3-8(13)1-2-10(9)17-11-15-5-7(4-14)6-16-11/h1-3,5-6H,4,14H2. The Balaban J connectivity index is 2.19. The molecule has 0 aliphatic carbocycles. The summed E-state index contributed by atoms with van der Waals surface area (Å²) in [4.78, 5) is 8.08. The number of rotatable bonds is 3. The molecule has 0 saturated heterocycles. The van der Waals surface area contributed by atoms with E-state index in [-0.39, 0.29) is 6.01 Å². The van der Waals surface area contributed by atoms with Crippen molar-refractivity contribution in [3.05, 3.63) is 45.7 Å². The van der Waals surface area contributed by atoms with Gasteiger partial charge in [0.25, 0.3) is 0 Å². The van der Waals surface area contributed by atoms with Crippen molar-refractivity contribution in [2.75, 3.05) is 0 Å². The van der Waals surface area contributed by atoms with Crippen LogP contribution in [0.5, 0.6) is 11.8 Å². The van der Waals surface area contributed by atoms with E-state index in [9.17, 15) is 0 Å². The molecule has 1 heterocycles. The Morgan fingerprint density at radius 1 is 1.29 bits per heavy atom. The monoisotopic (exact) mass is 313 g/mol. The molecule has 6 heteroatoms. The molecule has 2 rings (SSSR count). The van der Waals surface area contributed by atoms with Crippen LogP contribution >= 0.6 is 27.5 Å². The van der Waals surface area contributed by atoms with Crippen molar-refractivity contribution in [3.63, 3.8) is 0 Å². The zero-order valence-electron chi connectivity index (χ0n) is 8.73. The smallest absolute Gasteiger partial charge is 0.321 e. The highest BCUT2D eigenvalue weighted by Gasteiger charge is 2.05. The van der Waals surface area contributed by atoms with Crippen LogP contribution in [0.15, 0.2) is 35.1 Å². The van der Waals surface area contributed by atoms with Crippen molar-refractivity contribution in [2.24, 2.45) is 5.73 Å². The molecule has 17 heavy (non-hydrogen) atoms. The fourth-order valence-electron chi connectivity index (χ4n) is 1.16. The summed E-state index contributed by atoms with van der Waals surface area (Å²) in [6.07, 6.45) is 3.26. The first-order chi connectivity index (χ1) is 8.19. The first-order valence-electron chi connectivity index (χ1n) is 4.83. The van der Waals surface area contributed by atoms with Gasteiger partial charge in [0, 0.05) is 29.5 Å². The Bertz CT molecular complexity index is 519. The lowest BCUT2D eigenvalue weighted by atomic mass is 10.3. The third kappa shape index (κ3) is 3.15. The number of hydrogen-bond acceptors (Lipinski definition) is 4. The van der Waals surface area contributed by atoms with Crippen molar-refractivity contribution in [1.82, 2.24) is 9.97 Å². The Labute approximate surface area is 112 Å². The molecule has 0 amide bonds. The second-order valence-electron chi connectivity index (χ2n) is 3.25. The van der Waals surface area contributed by atoms with Crippen molar-refractivity contribution in [1.29, 1.82) is 0 Å². The number of aromatic nitrogens is 2. The van der Waals surface area contributed by atoms with Gasteiger partial charge in [0.1, 0.15) is 5.75 Å². The zero-order valence-corrected chi connectivity index (χ0v) is 11.1. The third-order valence-electron chi connectivity index (χ3n) is 2.01. The lowest BCUT2D eigenvalue weighted by Gasteiger charge is -2.06. The molecule has 4 nitrogen and oxygen atoms in total. The zero-order chi connectivity index (χ0) is 12.3. The maximum Gasteiger partial charge on any atom is 0.321 e. The first-order valence-corrected chi connectivity index (χ1v) is 6.00. The van der Waals surface area contributed by atoms with Crippen LogP contribution in [0.1, 0.15) is 5.56 Å². The molecule has 2 N–H and O–H groups in total. The molecule has 0 bridgehead atoms. The molecule has 0 saturated carbocycles. The highest BCUT2D eigenvalue weighted by molar-refractivity contribution is 9.10. The van der Waals surface area contributed by atoms with Crippen molar-refractivity contribution in [3.8, 4) is 11.8 Å². The van der Waals surface area contributed by atoms with Gasteiger partial charge in [-0.05, 0) is 34.1 Å². The normalized spacial score (nSPS) is 10.3. The molecule has 88 valence electrons. The fourth-order valence-corrected chi connectivity index (χ4v) is 1.92. The SMILES string of the molecule is NCc1cnc(Oc2ccc(Cl)cc2Br)nc1. The second-order valence-corrected chi connectivity index (χ2v) is 4.55. The van der Waals surface area contributed by atoms with Crippen LogP contribution in [-0.2, 0) is 6.54 Å². The fraction of sp³-hybridized carbons (Fsp3) is 0.0909. The molecule has 0 atom stereocenters. The molecule has 0 aliphatic rings. The van der Waals surface area contributed by atoms with E-state index in [1.165, 1.54) is 0 Å². The van der Waals surface area contributed by atoms with E-state index < -0.39 is 0 Å². The maximum atomic E-state index is 5.83. The number of nitrogens with two attached hydrogens (primary N) is 1. The molecule has 0 aliphatic heterocycles. The molecule has 2 aromatic rings. The third-order valence-corrected chi connectivity index (χ3v) is 2.87. The number of ether oxygens (including phenoxy) is 1. The van der Waals surface area contributed by atoms with Gasteiger partial charge in [-0.3, -0.25) is 0 Å². The van der Waals surface area contributed by atoms with Gasteiger partial charge in [-0.1, -0.05) is 11.6 Å². The van der Waals surface area contributed by atoms with Crippen LogP contribution in [0.25, 0.3) is 0 Å². The number of nitrogens with zero attached hydrogens (tertiary/aromatic N) is 2. The molecular weight excluding hydrogens is 305 g/mol. The first kappa shape index (κ1) is 12.3. The van der Waals surface area contributed by atoms with Crippen LogP contribution in [-0.4, -0.2) is 9.97 Å². The highest BCUT2D eigenvalue weighted by Crippen LogP contribution is 2.30. The van der Waals surface area contributed by atoms with Gasteiger partial charge in [-0.25, -0.2) is 9.97 Å². The van der Waals surface area contributed by atoms with Gasteiger partial charge >= 0.3 is 6.01 Å². The average Bonchev–Trinajstić information content (AvgIpc) is 2.34. The Kier molecular flexibility index (Phi) is 3.93. The lowest BCUT2D eigenvalue weighted by molar-refractivity contribution is 0.438. The highest BCUT2D eigenvalue weighted by atomic mass is 79.9. The summed E-state index contributed by atoms with van der Waals surface area (Å²) in [5.41, 5.74) is 6.30. The quantitative estimate of drug-likeness (QED) is 0.945. The van der Waals surface area contributed by atoms with E-state index in [1.54, 1.807) is 30.6 Å². The number of benzene rings is 1. The van der Waals surface area contributed by atoms with Gasteiger partial charge in [0.15, 0.2) is 0 Å². The van der Waals surface area contributed by atoms with E-state index in [2.05, 4.69) is 25.9 Å². The van der Waals surface area contributed by atoms with E-state index in [4.69, 9.17) is 22.1 Å². The van der Waals surface area contributed by atoms with Crippen LogP contribution in [0.2, 0.25) is 5.02 Å². The summed E-state index contributed by atoms with van der Waals surface area (Å²) in [5, 5.41) is 0.628. The van der Waals surface area contributed by atoms with Crippen LogP contribution in [0.3, 0.4) is 0 Å². The van der Waals surface area contributed by atoms with Gasteiger partial charge in [0.2, 0.25) is 0 Å². The number of halogens is 2. The topological polar surface area (TPSA) is 61.0 Å². The van der Waals surface area contributed by atoms with Gasteiger partial charge < -0.3 is 10.5 Å². The maximum absolute atomic E-state index is 5.83. The largest absolute Gasteiger partial charge is 0.423 e. The number of hydrogen-bond donors (Lipinski definition) is 1. The van der Waals surface area contributed by atoms with Crippen LogP contribution < -0.4 is 10.5 Å². The molecule has 0 spiro atoms. The van der Waals surface area contributed by atoms with Crippen LogP contribution in [0.4, 0.5) is 0 Å². The molecular formula is C11H9BrClN3O. The van der Waals surface area contributed by atoms with Gasteiger partial charge in [0.05, 0.1) is 4.47 Å². The van der Waals surface area contributed by atoms with Crippen LogP contribution in [0, 0.1) is 0 Å². The summed E-state index contributed by atoms with van der Waals surface area (Å²) < 4.78 is 6.24. The Hall–Kier alpha value is -1.17. The Morgan fingerprint density at radius 3 is 2.59 bits per heavy atom. The molecule has 1 aromatic heterocycles. The van der Waals surface area contributed by atoms with Gasteiger partial charge in [-0.2, -0.15) is 0 Å². The van der Waals surface area contributed by atoms with Crippen molar-refractivity contribution < 1.29 is 4.74 Å². The molecule has 0 unspecified atom stereocenters. The predicted molar refractivity (Wildman–Crippen MR) is 69.1 cm³/mol. The second kappa shape index (κ2) is 5.44. The summed E-state index contributed by atoms with van der Waals surface area (Å²) in [6, 6.07) is 5.48. The van der Waals surface area contributed by atoms with Gasteiger partial charge in [-0.15, -0.1) is 0 Å². The summed E-state index contributed by atoms with van der Waals surface area (Å²) >= 11 is 9.18.